The molecule has 1 aliphatic rings. The van der Waals surface area contributed by atoms with Gasteiger partial charge in [-0.15, -0.1) is 0 Å². The Balaban J connectivity index is 2.16. The van der Waals surface area contributed by atoms with Crippen LogP contribution in [0.3, 0.4) is 0 Å². The Bertz CT molecular complexity index is 422. The number of rotatable bonds is 5. The Kier molecular flexibility index (Phi) is 4.33. The van der Waals surface area contributed by atoms with Crippen molar-refractivity contribution >= 4 is 11.9 Å². The minimum absolute atomic E-state index is 0.186. The molecule has 1 aromatic heterocycles. The molecule has 0 saturated carbocycles. The number of hydrogen-bond acceptors (Lipinski definition) is 8. The lowest BCUT2D eigenvalue weighted by Gasteiger charge is -2.34. The molecule has 0 bridgehead atoms. The van der Waals surface area contributed by atoms with Crippen LogP contribution in [-0.4, -0.2) is 40.3 Å². The van der Waals surface area contributed by atoms with Crippen LogP contribution < -0.4 is 21.3 Å². The molecule has 0 aliphatic carbocycles. The zero-order chi connectivity index (χ0) is 13.7. The number of nitrogens with zero attached hydrogens (tertiary/aromatic N) is 3. The Labute approximate surface area is 112 Å². The highest BCUT2D eigenvalue weighted by molar-refractivity contribution is 5.37. The van der Waals surface area contributed by atoms with Crippen molar-refractivity contribution < 1.29 is 9.47 Å². The first-order valence-electron chi connectivity index (χ1n) is 6.36. The highest BCUT2D eigenvalue weighted by Crippen LogP contribution is 2.23. The standard InChI is InChI=1S/C11H20N6O2/c1-3-19-10-14-8(13-9(15-10)17-12)16-11(2)5-4-6-18-7-11/h3-7,12H2,1-2H3,(H2,13,14,15,16,17). The average molecular weight is 268 g/mol. The maximum absolute atomic E-state index is 5.49. The number of ether oxygens (including phenoxy) is 2. The molecule has 19 heavy (non-hydrogen) atoms. The van der Waals surface area contributed by atoms with Crippen LogP contribution in [0.15, 0.2) is 0 Å². The monoisotopic (exact) mass is 268 g/mol. The molecular formula is C11H20N6O2. The summed E-state index contributed by atoms with van der Waals surface area (Å²) in [4.78, 5) is 12.4. The lowest BCUT2D eigenvalue weighted by molar-refractivity contribution is 0.0537. The van der Waals surface area contributed by atoms with E-state index >= 15 is 0 Å². The van der Waals surface area contributed by atoms with Gasteiger partial charge >= 0.3 is 6.01 Å². The van der Waals surface area contributed by atoms with Crippen LogP contribution in [0.1, 0.15) is 26.7 Å². The van der Waals surface area contributed by atoms with Crippen molar-refractivity contribution in [3.8, 4) is 6.01 Å². The maximum Gasteiger partial charge on any atom is 0.323 e. The first kappa shape index (κ1) is 13.8. The van der Waals surface area contributed by atoms with Gasteiger partial charge in [0.25, 0.3) is 0 Å². The third-order valence-corrected chi connectivity index (χ3v) is 2.87. The molecule has 0 aromatic carbocycles. The van der Waals surface area contributed by atoms with Gasteiger partial charge in [0.15, 0.2) is 0 Å². The predicted molar refractivity (Wildman–Crippen MR) is 70.9 cm³/mol. The third kappa shape index (κ3) is 3.65. The molecule has 0 amide bonds. The molecule has 0 spiro atoms. The van der Waals surface area contributed by atoms with Crippen molar-refractivity contribution in [1.82, 2.24) is 15.0 Å². The van der Waals surface area contributed by atoms with Gasteiger partial charge in [-0.25, -0.2) is 5.84 Å². The number of aromatic nitrogens is 3. The molecule has 2 rings (SSSR count). The maximum atomic E-state index is 5.49. The van der Waals surface area contributed by atoms with Gasteiger partial charge < -0.3 is 14.8 Å². The van der Waals surface area contributed by atoms with Crippen molar-refractivity contribution in [3.63, 3.8) is 0 Å². The Morgan fingerprint density at radius 2 is 2.16 bits per heavy atom. The highest BCUT2D eigenvalue weighted by atomic mass is 16.5. The van der Waals surface area contributed by atoms with Crippen LogP contribution in [0, 0.1) is 0 Å². The molecule has 1 fully saturated rings. The summed E-state index contributed by atoms with van der Waals surface area (Å²) in [5.74, 6) is 6.03. The summed E-state index contributed by atoms with van der Waals surface area (Å²) >= 11 is 0. The first-order chi connectivity index (χ1) is 9.15. The van der Waals surface area contributed by atoms with Crippen molar-refractivity contribution in [1.29, 1.82) is 0 Å². The highest BCUT2D eigenvalue weighted by Gasteiger charge is 2.28. The van der Waals surface area contributed by atoms with Gasteiger partial charge in [0.1, 0.15) is 0 Å². The molecule has 4 N–H and O–H groups in total. The van der Waals surface area contributed by atoms with Gasteiger partial charge in [0.05, 0.1) is 18.8 Å². The van der Waals surface area contributed by atoms with E-state index in [0.29, 0.717) is 19.2 Å². The number of nitrogens with one attached hydrogen (secondary N) is 2. The second kappa shape index (κ2) is 5.98. The van der Waals surface area contributed by atoms with Crippen LogP contribution in [-0.2, 0) is 4.74 Å². The van der Waals surface area contributed by atoms with Crippen LogP contribution >= 0.6 is 0 Å². The van der Waals surface area contributed by atoms with Crippen LogP contribution in [0.5, 0.6) is 6.01 Å². The molecule has 106 valence electrons. The van der Waals surface area contributed by atoms with E-state index in [0.717, 1.165) is 19.4 Å². The summed E-state index contributed by atoms with van der Waals surface area (Å²) in [6, 6.07) is 0.244. The van der Waals surface area contributed by atoms with Gasteiger partial charge in [0.2, 0.25) is 11.9 Å². The molecule has 1 aliphatic heterocycles. The van der Waals surface area contributed by atoms with Crippen molar-refractivity contribution in [2.45, 2.75) is 32.2 Å². The van der Waals surface area contributed by atoms with Crippen LogP contribution in [0.4, 0.5) is 11.9 Å². The summed E-state index contributed by atoms with van der Waals surface area (Å²) < 4.78 is 10.8. The van der Waals surface area contributed by atoms with Gasteiger partial charge in [-0.2, -0.15) is 15.0 Å². The lowest BCUT2D eigenvalue weighted by Crippen LogP contribution is -2.43. The van der Waals surface area contributed by atoms with Crippen LogP contribution in [0.2, 0.25) is 0 Å². The quantitative estimate of drug-likeness (QED) is 0.524. The van der Waals surface area contributed by atoms with Gasteiger partial charge in [-0.3, -0.25) is 5.43 Å². The molecule has 1 saturated heterocycles. The van der Waals surface area contributed by atoms with E-state index in [1.54, 1.807) is 0 Å². The van der Waals surface area contributed by atoms with E-state index in [9.17, 15) is 0 Å². The van der Waals surface area contributed by atoms with E-state index in [1.807, 2.05) is 6.92 Å². The summed E-state index contributed by atoms with van der Waals surface area (Å²) in [7, 11) is 0. The summed E-state index contributed by atoms with van der Waals surface area (Å²) in [5.41, 5.74) is 2.22. The average Bonchev–Trinajstić information content (AvgIpc) is 2.39. The zero-order valence-corrected chi connectivity index (χ0v) is 11.3. The Morgan fingerprint density at radius 3 is 2.79 bits per heavy atom. The molecule has 8 nitrogen and oxygen atoms in total. The van der Waals surface area contributed by atoms with Gasteiger partial charge in [-0.1, -0.05) is 0 Å². The molecule has 1 atom stereocenters. The third-order valence-electron chi connectivity index (χ3n) is 2.87. The normalized spacial score (nSPS) is 22.9. The fraction of sp³-hybridized carbons (Fsp3) is 0.727. The summed E-state index contributed by atoms with van der Waals surface area (Å²) in [6.07, 6.45) is 2.00. The largest absolute Gasteiger partial charge is 0.464 e. The number of hydrazine groups is 1. The molecular weight excluding hydrogens is 248 g/mol. The van der Waals surface area contributed by atoms with Crippen molar-refractivity contribution in [3.05, 3.63) is 0 Å². The Morgan fingerprint density at radius 1 is 1.37 bits per heavy atom. The van der Waals surface area contributed by atoms with Crippen molar-refractivity contribution in [2.75, 3.05) is 30.6 Å². The molecule has 0 radical (unpaired) electrons. The van der Waals surface area contributed by atoms with Crippen LogP contribution in [0.25, 0.3) is 0 Å². The molecule has 2 heterocycles. The van der Waals surface area contributed by atoms with E-state index in [4.69, 9.17) is 15.3 Å². The minimum atomic E-state index is -0.186. The van der Waals surface area contributed by atoms with E-state index in [-0.39, 0.29) is 17.5 Å². The lowest BCUT2D eigenvalue weighted by atomic mass is 9.95. The van der Waals surface area contributed by atoms with E-state index < -0.39 is 0 Å². The first-order valence-corrected chi connectivity index (χ1v) is 6.36. The van der Waals surface area contributed by atoms with Crippen molar-refractivity contribution in [2.24, 2.45) is 5.84 Å². The number of nitrogens with two attached hydrogens (primary N) is 1. The summed E-state index contributed by atoms with van der Waals surface area (Å²) in [6.45, 7) is 5.84. The van der Waals surface area contributed by atoms with Gasteiger partial charge in [0, 0.05) is 6.61 Å². The Hall–Kier alpha value is -1.67. The number of anilines is 2. The van der Waals surface area contributed by atoms with E-state index in [1.165, 1.54) is 0 Å². The SMILES string of the molecule is CCOc1nc(NN)nc(NC2(C)CCCOC2)n1. The second-order valence-electron chi connectivity index (χ2n) is 4.68. The zero-order valence-electron chi connectivity index (χ0n) is 11.3. The molecule has 8 heteroatoms. The number of nitrogen functional groups attached to an aromatic ring is 1. The molecule has 1 unspecified atom stereocenters. The predicted octanol–water partition coefficient (Wildman–Crippen LogP) is 0.537. The smallest absolute Gasteiger partial charge is 0.323 e. The topological polar surface area (TPSA) is 107 Å². The fourth-order valence-corrected chi connectivity index (χ4v) is 1.97. The van der Waals surface area contributed by atoms with Gasteiger partial charge in [-0.05, 0) is 26.7 Å². The fourth-order valence-electron chi connectivity index (χ4n) is 1.97. The number of hydrogen-bond donors (Lipinski definition) is 3. The molecule has 1 aromatic rings. The second-order valence-corrected chi connectivity index (χ2v) is 4.68. The minimum Gasteiger partial charge on any atom is -0.464 e. The van der Waals surface area contributed by atoms with E-state index in [2.05, 4.69) is 32.6 Å². The summed E-state index contributed by atoms with van der Waals surface area (Å²) in [5, 5.41) is 3.27.